The fourth-order valence-corrected chi connectivity index (χ4v) is 3.26. The van der Waals surface area contributed by atoms with E-state index in [9.17, 15) is 14.4 Å². The number of anilines is 1. The van der Waals surface area contributed by atoms with Crippen LogP contribution in [0.25, 0.3) is 17.4 Å². The number of benzene rings is 2. The number of aryl methyl sites for hydroxylation is 1. The maximum absolute atomic E-state index is 12.9. The summed E-state index contributed by atoms with van der Waals surface area (Å²) >= 11 is 12.0. The first-order valence-electron chi connectivity index (χ1n) is 8.87. The van der Waals surface area contributed by atoms with E-state index in [0.717, 1.165) is 16.0 Å². The summed E-state index contributed by atoms with van der Waals surface area (Å²) in [5.74, 6) is -0.752. The van der Waals surface area contributed by atoms with Gasteiger partial charge in [0, 0.05) is 15.6 Å². The van der Waals surface area contributed by atoms with E-state index in [0.29, 0.717) is 15.8 Å². The molecule has 1 saturated heterocycles. The van der Waals surface area contributed by atoms with Crippen LogP contribution in [0.4, 0.5) is 10.5 Å². The number of barbiturate groups is 1. The second-order valence-electron chi connectivity index (χ2n) is 6.60. The van der Waals surface area contributed by atoms with Crippen molar-refractivity contribution in [3.63, 3.8) is 0 Å². The highest BCUT2D eigenvalue weighted by Gasteiger charge is 2.37. The molecule has 150 valence electrons. The number of halogens is 2. The molecular formula is C22H14Cl2N2O4. The van der Waals surface area contributed by atoms with Gasteiger partial charge in [-0.3, -0.25) is 14.9 Å². The summed E-state index contributed by atoms with van der Waals surface area (Å²) in [5.41, 5.74) is 1.75. The fraction of sp³-hybridized carbons (Fsp3) is 0.0455. The first-order valence-corrected chi connectivity index (χ1v) is 9.62. The van der Waals surface area contributed by atoms with Crippen LogP contribution < -0.4 is 10.2 Å². The van der Waals surface area contributed by atoms with Crippen LogP contribution in [0.2, 0.25) is 10.0 Å². The molecule has 0 atom stereocenters. The Morgan fingerprint density at radius 3 is 2.40 bits per heavy atom. The van der Waals surface area contributed by atoms with Gasteiger partial charge < -0.3 is 4.42 Å². The highest BCUT2D eigenvalue weighted by Crippen LogP contribution is 2.29. The molecular weight excluding hydrogens is 427 g/mol. The van der Waals surface area contributed by atoms with E-state index in [1.165, 1.54) is 18.2 Å². The molecule has 6 nitrogen and oxygen atoms in total. The van der Waals surface area contributed by atoms with Crippen LogP contribution in [0, 0.1) is 6.92 Å². The highest BCUT2D eigenvalue weighted by atomic mass is 35.5. The summed E-state index contributed by atoms with van der Waals surface area (Å²) in [7, 11) is 0. The van der Waals surface area contributed by atoms with Crippen LogP contribution in [0.1, 0.15) is 11.3 Å². The number of carbonyl (C=O) groups is 3. The van der Waals surface area contributed by atoms with Crippen LogP contribution >= 0.6 is 23.2 Å². The number of rotatable bonds is 3. The first kappa shape index (κ1) is 19.9. The van der Waals surface area contributed by atoms with E-state index in [-0.39, 0.29) is 17.0 Å². The molecule has 8 heteroatoms. The molecule has 0 aliphatic carbocycles. The molecule has 0 unspecified atom stereocenters. The predicted molar refractivity (Wildman–Crippen MR) is 114 cm³/mol. The second-order valence-corrected chi connectivity index (χ2v) is 7.44. The molecule has 1 aromatic heterocycles. The number of carbonyl (C=O) groups excluding carboxylic acids is 3. The zero-order chi connectivity index (χ0) is 21.4. The molecule has 1 aliphatic rings. The molecule has 4 rings (SSSR count). The van der Waals surface area contributed by atoms with Gasteiger partial charge >= 0.3 is 6.03 Å². The summed E-state index contributed by atoms with van der Waals surface area (Å²) in [4.78, 5) is 38.3. The van der Waals surface area contributed by atoms with E-state index in [1.54, 1.807) is 30.3 Å². The quantitative estimate of drug-likeness (QED) is 0.446. The van der Waals surface area contributed by atoms with Gasteiger partial charge in [-0.05, 0) is 61.0 Å². The van der Waals surface area contributed by atoms with Crippen LogP contribution in [0.5, 0.6) is 0 Å². The van der Waals surface area contributed by atoms with Gasteiger partial charge in [0.1, 0.15) is 17.1 Å². The average Bonchev–Trinajstić information content (AvgIpc) is 3.17. The van der Waals surface area contributed by atoms with Gasteiger partial charge in [0.05, 0.1) is 5.69 Å². The molecule has 3 aromatic rings. The summed E-state index contributed by atoms with van der Waals surface area (Å²) in [6.07, 6.45) is 1.30. The number of nitrogens with one attached hydrogen (secondary N) is 1. The molecule has 0 spiro atoms. The third-order valence-corrected chi connectivity index (χ3v) is 5.22. The maximum atomic E-state index is 12.9. The van der Waals surface area contributed by atoms with Crippen molar-refractivity contribution in [1.82, 2.24) is 5.32 Å². The highest BCUT2D eigenvalue weighted by molar-refractivity contribution is 6.39. The average molecular weight is 441 g/mol. The Morgan fingerprint density at radius 1 is 0.967 bits per heavy atom. The zero-order valence-corrected chi connectivity index (χ0v) is 17.1. The Hall–Kier alpha value is -3.35. The number of hydrogen-bond donors (Lipinski definition) is 1. The van der Waals surface area contributed by atoms with Crippen molar-refractivity contribution in [3.05, 3.63) is 81.5 Å². The van der Waals surface area contributed by atoms with Crippen molar-refractivity contribution in [2.75, 3.05) is 4.90 Å². The molecule has 1 N–H and O–H groups in total. The van der Waals surface area contributed by atoms with Gasteiger partial charge in [0.25, 0.3) is 11.8 Å². The SMILES string of the molecule is Cc1ccc(-c2ccc(/C=C3/C(=O)NC(=O)N(c4ccc(Cl)cc4)C3=O)o2)cc1Cl. The Morgan fingerprint density at radius 2 is 1.70 bits per heavy atom. The van der Waals surface area contributed by atoms with Crippen molar-refractivity contribution >= 4 is 52.8 Å². The lowest BCUT2D eigenvalue weighted by molar-refractivity contribution is -0.122. The summed E-state index contributed by atoms with van der Waals surface area (Å²) in [5, 5.41) is 3.22. The lowest BCUT2D eigenvalue weighted by atomic mass is 10.1. The number of hydrogen-bond acceptors (Lipinski definition) is 4. The van der Waals surface area contributed by atoms with Gasteiger partial charge in [-0.2, -0.15) is 0 Å². The lowest BCUT2D eigenvalue weighted by Crippen LogP contribution is -2.54. The minimum Gasteiger partial charge on any atom is -0.457 e. The van der Waals surface area contributed by atoms with Crippen molar-refractivity contribution in [2.45, 2.75) is 6.92 Å². The number of urea groups is 1. The standard InChI is InChI=1S/C22H14Cl2N2O4/c1-12-2-3-13(10-18(12)24)19-9-8-16(30-19)11-17-20(27)25-22(29)26(21(17)28)15-6-4-14(23)5-7-15/h2-11H,1H3,(H,25,27,29)/b17-11-. The predicted octanol–water partition coefficient (Wildman–Crippen LogP) is 5.23. The van der Waals surface area contributed by atoms with E-state index in [2.05, 4.69) is 5.32 Å². The van der Waals surface area contributed by atoms with Crippen LogP contribution in [0.3, 0.4) is 0 Å². The Bertz CT molecular complexity index is 1210. The second kappa shape index (κ2) is 7.82. The monoisotopic (exact) mass is 440 g/mol. The van der Waals surface area contributed by atoms with Crippen molar-refractivity contribution in [3.8, 4) is 11.3 Å². The van der Waals surface area contributed by atoms with E-state index >= 15 is 0 Å². The Labute approximate surface area is 181 Å². The molecule has 1 aliphatic heterocycles. The fourth-order valence-electron chi connectivity index (χ4n) is 2.96. The molecule has 0 radical (unpaired) electrons. The van der Waals surface area contributed by atoms with Gasteiger partial charge in [0.2, 0.25) is 0 Å². The van der Waals surface area contributed by atoms with Crippen LogP contribution in [-0.4, -0.2) is 17.8 Å². The summed E-state index contributed by atoms with van der Waals surface area (Å²) in [6, 6.07) is 14.1. The third kappa shape index (κ3) is 3.75. The minimum absolute atomic E-state index is 0.229. The van der Waals surface area contributed by atoms with Crippen molar-refractivity contribution in [1.29, 1.82) is 0 Å². The molecule has 2 heterocycles. The van der Waals surface area contributed by atoms with Gasteiger partial charge in [-0.1, -0.05) is 35.3 Å². The molecule has 1 fully saturated rings. The van der Waals surface area contributed by atoms with E-state index < -0.39 is 17.8 Å². The Kier molecular flexibility index (Phi) is 5.20. The van der Waals surface area contributed by atoms with Crippen molar-refractivity contribution in [2.24, 2.45) is 0 Å². The number of nitrogens with zero attached hydrogens (tertiary/aromatic N) is 1. The molecule has 2 aromatic carbocycles. The molecule has 0 bridgehead atoms. The van der Waals surface area contributed by atoms with E-state index in [4.69, 9.17) is 27.6 Å². The Balaban J connectivity index is 1.67. The molecule has 30 heavy (non-hydrogen) atoms. The first-order chi connectivity index (χ1) is 14.3. The maximum Gasteiger partial charge on any atom is 0.335 e. The van der Waals surface area contributed by atoms with Gasteiger partial charge in [0.15, 0.2) is 0 Å². The zero-order valence-electron chi connectivity index (χ0n) is 15.6. The van der Waals surface area contributed by atoms with Crippen LogP contribution in [-0.2, 0) is 9.59 Å². The number of imide groups is 2. The smallest absolute Gasteiger partial charge is 0.335 e. The van der Waals surface area contributed by atoms with Gasteiger partial charge in [-0.25, -0.2) is 9.69 Å². The summed E-state index contributed by atoms with van der Waals surface area (Å²) < 4.78 is 5.76. The topological polar surface area (TPSA) is 79.6 Å². The van der Waals surface area contributed by atoms with E-state index in [1.807, 2.05) is 19.1 Å². The summed E-state index contributed by atoms with van der Waals surface area (Å²) in [6.45, 7) is 1.89. The molecule has 0 saturated carbocycles. The number of furan rings is 1. The van der Waals surface area contributed by atoms with Crippen LogP contribution in [0.15, 0.2) is 64.6 Å². The number of amides is 4. The normalized spacial score (nSPS) is 15.6. The van der Waals surface area contributed by atoms with Gasteiger partial charge in [-0.15, -0.1) is 0 Å². The third-order valence-electron chi connectivity index (χ3n) is 4.56. The molecule has 4 amide bonds. The largest absolute Gasteiger partial charge is 0.457 e. The lowest BCUT2D eigenvalue weighted by Gasteiger charge is -2.26. The van der Waals surface area contributed by atoms with Crippen molar-refractivity contribution < 1.29 is 18.8 Å². The minimum atomic E-state index is -0.834.